The van der Waals surface area contributed by atoms with Crippen molar-refractivity contribution in [2.45, 2.75) is 50.8 Å². The van der Waals surface area contributed by atoms with E-state index in [1.54, 1.807) is 11.3 Å². The summed E-state index contributed by atoms with van der Waals surface area (Å²) in [5.41, 5.74) is 4.36. The molecule has 150 valence electrons. The third kappa shape index (κ3) is 3.65. The van der Waals surface area contributed by atoms with Gasteiger partial charge in [0.25, 0.3) is 0 Å². The number of halogens is 1. The van der Waals surface area contributed by atoms with Crippen molar-refractivity contribution in [1.82, 2.24) is 0 Å². The maximum Gasteiger partial charge on any atom is 0.198 e. The van der Waals surface area contributed by atoms with Crippen LogP contribution < -0.4 is 0 Å². The Morgan fingerprint density at radius 1 is 1.17 bits per heavy atom. The van der Waals surface area contributed by atoms with Crippen molar-refractivity contribution in [3.05, 3.63) is 81.2 Å². The van der Waals surface area contributed by atoms with Gasteiger partial charge in [-0.15, -0.1) is 11.3 Å². The summed E-state index contributed by atoms with van der Waals surface area (Å²) < 4.78 is 12.3. The number of ether oxygens (including phenoxy) is 2. The van der Waals surface area contributed by atoms with E-state index < -0.39 is 11.9 Å². The fraction of sp³-hybridized carbons (Fsp3) is 0.333. The molecule has 2 aliphatic rings. The van der Waals surface area contributed by atoms with Gasteiger partial charge in [0.15, 0.2) is 5.79 Å². The maximum absolute atomic E-state index is 10.3. The largest absolute Gasteiger partial charge is 0.393 e. The summed E-state index contributed by atoms with van der Waals surface area (Å²) in [5, 5.41) is 11.1. The van der Waals surface area contributed by atoms with Crippen LogP contribution in [-0.4, -0.2) is 17.3 Å². The third-order valence-electron chi connectivity index (χ3n) is 5.73. The van der Waals surface area contributed by atoms with Crippen LogP contribution in [0.5, 0.6) is 0 Å². The molecule has 1 aromatic heterocycles. The third-order valence-corrected chi connectivity index (χ3v) is 7.21. The first kappa shape index (κ1) is 19.3. The van der Waals surface area contributed by atoms with Gasteiger partial charge in [-0.05, 0) is 54.3 Å². The summed E-state index contributed by atoms with van der Waals surface area (Å²) >= 11 is 8.41. The molecular weight excluding hydrogens is 404 g/mol. The van der Waals surface area contributed by atoms with Gasteiger partial charge in [-0.2, -0.15) is 0 Å². The summed E-state index contributed by atoms with van der Waals surface area (Å²) in [6.45, 7) is 2.45. The minimum Gasteiger partial charge on any atom is -0.393 e. The molecule has 1 saturated heterocycles. The molecule has 2 aromatic carbocycles. The first-order valence-electron chi connectivity index (χ1n) is 9.98. The van der Waals surface area contributed by atoms with E-state index in [9.17, 15) is 5.11 Å². The van der Waals surface area contributed by atoms with Crippen LogP contribution in [0.15, 0.2) is 54.6 Å². The topological polar surface area (TPSA) is 38.7 Å². The number of hydrogen-bond donors (Lipinski definition) is 1. The van der Waals surface area contributed by atoms with Gasteiger partial charge in [0.05, 0.1) is 18.8 Å². The fourth-order valence-electron chi connectivity index (χ4n) is 4.42. The molecule has 0 amide bonds. The molecule has 3 heterocycles. The summed E-state index contributed by atoms with van der Waals surface area (Å²) in [4.78, 5) is 2.52. The number of aliphatic hydroxyl groups is 1. The van der Waals surface area contributed by atoms with Crippen molar-refractivity contribution in [3.63, 3.8) is 0 Å². The van der Waals surface area contributed by atoms with Crippen LogP contribution in [0, 0.1) is 0 Å². The van der Waals surface area contributed by atoms with Crippen LogP contribution in [0.1, 0.15) is 41.3 Å². The smallest absolute Gasteiger partial charge is 0.198 e. The van der Waals surface area contributed by atoms with Crippen molar-refractivity contribution < 1.29 is 14.6 Å². The lowest BCUT2D eigenvalue weighted by atomic mass is 9.90. The number of aliphatic hydroxyl groups excluding tert-OH is 1. The second-order valence-electron chi connectivity index (χ2n) is 7.97. The SMILES string of the molecule is C[C@@H]1C[C@H](O)C[C@@]2(OCc3cc(Cl)c(Cc4ccc(-c5ccccc5)s4)cc32)O1. The van der Waals surface area contributed by atoms with E-state index in [2.05, 4.69) is 42.5 Å². The summed E-state index contributed by atoms with van der Waals surface area (Å²) in [7, 11) is 0. The molecule has 2 aliphatic heterocycles. The standard InChI is InChI=1S/C24H23ClO3S/c1-15-9-19(26)13-24(28-15)21-11-17(22(25)12-18(21)14-27-24)10-20-7-8-23(29-20)16-5-3-2-4-6-16/h2-8,11-12,15,19,26H,9-10,13-14H2,1H3/t15-,19+,24-/m1/s1. The van der Waals surface area contributed by atoms with Crippen molar-refractivity contribution in [2.24, 2.45) is 0 Å². The zero-order valence-corrected chi connectivity index (χ0v) is 17.8. The van der Waals surface area contributed by atoms with Crippen molar-refractivity contribution in [2.75, 3.05) is 0 Å². The van der Waals surface area contributed by atoms with Gasteiger partial charge in [-0.25, -0.2) is 0 Å². The van der Waals surface area contributed by atoms with E-state index >= 15 is 0 Å². The fourth-order valence-corrected chi connectivity index (χ4v) is 5.71. The first-order valence-corrected chi connectivity index (χ1v) is 11.2. The quantitative estimate of drug-likeness (QED) is 0.566. The second kappa shape index (κ2) is 7.53. The molecule has 1 fully saturated rings. The molecule has 0 radical (unpaired) electrons. The van der Waals surface area contributed by atoms with Gasteiger partial charge < -0.3 is 14.6 Å². The van der Waals surface area contributed by atoms with Crippen molar-refractivity contribution in [3.8, 4) is 10.4 Å². The van der Waals surface area contributed by atoms with Gasteiger partial charge in [-0.3, -0.25) is 0 Å². The molecule has 0 aliphatic carbocycles. The lowest BCUT2D eigenvalue weighted by Crippen LogP contribution is -2.43. The van der Waals surface area contributed by atoms with E-state index in [1.165, 1.54) is 15.3 Å². The Morgan fingerprint density at radius 3 is 2.79 bits per heavy atom. The van der Waals surface area contributed by atoms with Gasteiger partial charge >= 0.3 is 0 Å². The van der Waals surface area contributed by atoms with Gasteiger partial charge in [0, 0.05) is 33.2 Å². The van der Waals surface area contributed by atoms with Crippen molar-refractivity contribution >= 4 is 22.9 Å². The molecule has 0 bridgehead atoms. The lowest BCUT2D eigenvalue weighted by Gasteiger charge is -2.39. The Hall–Kier alpha value is -1.69. The van der Waals surface area contributed by atoms with E-state index in [0.29, 0.717) is 19.4 Å². The predicted molar refractivity (Wildman–Crippen MR) is 116 cm³/mol. The van der Waals surface area contributed by atoms with E-state index in [1.807, 2.05) is 19.1 Å². The highest BCUT2D eigenvalue weighted by Gasteiger charge is 2.47. The Labute approximate surface area is 179 Å². The van der Waals surface area contributed by atoms with Crippen LogP contribution >= 0.6 is 22.9 Å². The summed E-state index contributed by atoms with van der Waals surface area (Å²) in [5.74, 6) is -0.851. The van der Waals surface area contributed by atoms with Crippen molar-refractivity contribution in [1.29, 1.82) is 0 Å². The summed E-state index contributed by atoms with van der Waals surface area (Å²) in [6.07, 6.45) is 1.39. The molecule has 1 N–H and O–H groups in total. The van der Waals surface area contributed by atoms with Crippen LogP contribution in [0.2, 0.25) is 5.02 Å². The molecule has 5 heteroatoms. The Bertz CT molecular complexity index is 1020. The van der Waals surface area contributed by atoms with Crippen LogP contribution in [0.25, 0.3) is 10.4 Å². The molecule has 29 heavy (non-hydrogen) atoms. The second-order valence-corrected chi connectivity index (χ2v) is 9.55. The molecule has 5 rings (SSSR count). The first-order chi connectivity index (χ1) is 14.0. The average Bonchev–Trinajstić information content (AvgIpc) is 3.28. The minimum absolute atomic E-state index is 0.0467. The van der Waals surface area contributed by atoms with Crippen LogP contribution in [-0.2, 0) is 28.3 Å². The molecular formula is C24H23ClO3S. The summed E-state index contributed by atoms with van der Waals surface area (Å²) in [6, 6.07) is 18.9. The Morgan fingerprint density at radius 2 is 2.00 bits per heavy atom. The number of hydrogen-bond acceptors (Lipinski definition) is 4. The van der Waals surface area contributed by atoms with Gasteiger partial charge in [-0.1, -0.05) is 41.9 Å². The van der Waals surface area contributed by atoms with Gasteiger partial charge in [0.1, 0.15) is 0 Å². The average molecular weight is 427 g/mol. The van der Waals surface area contributed by atoms with E-state index in [-0.39, 0.29) is 6.10 Å². The molecule has 0 unspecified atom stereocenters. The maximum atomic E-state index is 10.3. The Balaban J connectivity index is 1.45. The lowest BCUT2D eigenvalue weighted by molar-refractivity contribution is -0.295. The molecule has 3 aromatic rings. The number of fused-ring (bicyclic) bond motifs is 2. The monoisotopic (exact) mass is 426 g/mol. The zero-order valence-electron chi connectivity index (χ0n) is 16.2. The number of rotatable bonds is 3. The van der Waals surface area contributed by atoms with E-state index in [4.69, 9.17) is 21.1 Å². The normalized spacial score (nSPS) is 26.0. The van der Waals surface area contributed by atoms with Crippen LogP contribution in [0.4, 0.5) is 0 Å². The highest BCUT2D eigenvalue weighted by molar-refractivity contribution is 7.15. The zero-order chi connectivity index (χ0) is 20.0. The highest BCUT2D eigenvalue weighted by atomic mass is 35.5. The van der Waals surface area contributed by atoms with Crippen LogP contribution in [0.3, 0.4) is 0 Å². The number of thiophene rings is 1. The molecule has 0 saturated carbocycles. The Kier molecular flexibility index (Phi) is 5.01. The van der Waals surface area contributed by atoms with E-state index in [0.717, 1.165) is 28.1 Å². The molecule has 3 nitrogen and oxygen atoms in total. The predicted octanol–water partition coefficient (Wildman–Crippen LogP) is 5.90. The minimum atomic E-state index is -0.851. The van der Waals surface area contributed by atoms with Gasteiger partial charge in [0.2, 0.25) is 0 Å². The molecule has 3 atom stereocenters. The number of benzene rings is 2. The molecule has 1 spiro atoms. The highest BCUT2D eigenvalue weighted by Crippen LogP contribution is 2.47.